The second-order valence-electron chi connectivity index (χ2n) is 7.07. The summed E-state index contributed by atoms with van der Waals surface area (Å²) in [6.07, 6.45) is 6.07. The number of hydrogen-bond acceptors (Lipinski definition) is 6. The van der Waals surface area contributed by atoms with Gasteiger partial charge in [0, 0.05) is 24.4 Å². The molecular weight excluding hydrogens is 364 g/mol. The molecule has 0 aliphatic heterocycles. The fourth-order valence-electron chi connectivity index (χ4n) is 3.27. The van der Waals surface area contributed by atoms with Gasteiger partial charge in [0.25, 0.3) is 0 Å². The van der Waals surface area contributed by atoms with E-state index in [-0.39, 0.29) is 24.0 Å². The maximum absolute atomic E-state index is 12.5. The Labute approximate surface area is 165 Å². The van der Waals surface area contributed by atoms with Gasteiger partial charge in [-0.15, -0.1) is 0 Å². The fraction of sp³-hybridized carbons (Fsp3) is 0.684. The van der Waals surface area contributed by atoms with E-state index in [0.717, 1.165) is 42.8 Å². The van der Waals surface area contributed by atoms with E-state index in [9.17, 15) is 9.59 Å². The molecule has 1 aliphatic rings. The van der Waals surface area contributed by atoms with Gasteiger partial charge in [-0.2, -0.15) is 11.8 Å². The highest BCUT2D eigenvalue weighted by Crippen LogP contribution is 2.22. The number of hydrogen-bond donors (Lipinski definition) is 2. The van der Waals surface area contributed by atoms with E-state index in [0.29, 0.717) is 12.4 Å². The lowest BCUT2D eigenvalue weighted by atomic mass is 9.92. The summed E-state index contributed by atoms with van der Waals surface area (Å²) in [5.74, 6) is 0.553. The standard InChI is InChI=1S/C19H30N4O3S/c1-12-11-13(2)21-19(20-12)26-16-7-5-15(6-8-16)23-18(25)17(9-10-27-4)22-14(3)24/h11,15-17H,5-10H2,1-4H3,(H,22,24)(H,23,25)/t15?,16?,17-/m1/s1. The highest BCUT2D eigenvalue weighted by Gasteiger charge is 2.27. The van der Waals surface area contributed by atoms with Crippen molar-refractivity contribution in [2.45, 2.75) is 71.1 Å². The molecule has 2 N–H and O–H groups in total. The van der Waals surface area contributed by atoms with Gasteiger partial charge < -0.3 is 15.4 Å². The molecule has 2 amide bonds. The lowest BCUT2D eigenvalue weighted by Gasteiger charge is -2.30. The number of amides is 2. The Bertz CT molecular complexity index is 628. The summed E-state index contributed by atoms with van der Waals surface area (Å²) < 4.78 is 5.93. The normalized spacial score (nSPS) is 20.6. The van der Waals surface area contributed by atoms with Crippen LogP contribution in [-0.4, -0.2) is 52.0 Å². The molecule has 8 heteroatoms. The van der Waals surface area contributed by atoms with Crippen molar-refractivity contribution in [3.63, 3.8) is 0 Å². The highest BCUT2D eigenvalue weighted by molar-refractivity contribution is 7.98. The molecule has 27 heavy (non-hydrogen) atoms. The topological polar surface area (TPSA) is 93.2 Å². The van der Waals surface area contributed by atoms with Gasteiger partial charge in [0.1, 0.15) is 12.1 Å². The molecule has 2 rings (SSSR count). The van der Waals surface area contributed by atoms with Crippen LogP contribution in [0.2, 0.25) is 0 Å². The largest absolute Gasteiger partial charge is 0.460 e. The van der Waals surface area contributed by atoms with E-state index in [2.05, 4.69) is 20.6 Å². The Morgan fingerprint density at radius 1 is 1.22 bits per heavy atom. The predicted molar refractivity (Wildman–Crippen MR) is 107 cm³/mol. The molecule has 7 nitrogen and oxygen atoms in total. The first-order chi connectivity index (χ1) is 12.9. The molecule has 150 valence electrons. The van der Waals surface area contributed by atoms with Crippen LogP contribution in [0.15, 0.2) is 6.07 Å². The first-order valence-corrected chi connectivity index (χ1v) is 10.8. The molecule has 1 fully saturated rings. The minimum absolute atomic E-state index is 0.0713. The molecule has 0 saturated heterocycles. The Morgan fingerprint density at radius 2 is 1.85 bits per heavy atom. The summed E-state index contributed by atoms with van der Waals surface area (Å²) in [7, 11) is 0. The highest BCUT2D eigenvalue weighted by atomic mass is 32.2. The monoisotopic (exact) mass is 394 g/mol. The second-order valence-corrected chi connectivity index (χ2v) is 8.05. The van der Waals surface area contributed by atoms with Crippen LogP contribution in [0, 0.1) is 13.8 Å². The van der Waals surface area contributed by atoms with E-state index in [1.807, 2.05) is 26.2 Å². The average Bonchev–Trinajstić information content (AvgIpc) is 2.59. The number of carbonyl (C=O) groups is 2. The summed E-state index contributed by atoms with van der Waals surface area (Å²) in [5.41, 5.74) is 1.79. The molecule has 1 atom stereocenters. The van der Waals surface area contributed by atoms with Crippen molar-refractivity contribution in [1.82, 2.24) is 20.6 Å². The maximum atomic E-state index is 12.5. The Kier molecular flexibility index (Phi) is 8.34. The van der Waals surface area contributed by atoms with Gasteiger partial charge in [0.2, 0.25) is 11.8 Å². The molecule has 1 aliphatic carbocycles. The molecule has 1 saturated carbocycles. The van der Waals surface area contributed by atoms with Crippen molar-refractivity contribution in [3.8, 4) is 6.01 Å². The molecular formula is C19H30N4O3S. The summed E-state index contributed by atoms with van der Waals surface area (Å²) in [4.78, 5) is 32.5. The van der Waals surface area contributed by atoms with Crippen LogP contribution in [0.25, 0.3) is 0 Å². The Morgan fingerprint density at radius 3 is 2.41 bits per heavy atom. The molecule has 1 aromatic rings. The van der Waals surface area contributed by atoms with E-state index in [1.165, 1.54) is 6.92 Å². The van der Waals surface area contributed by atoms with E-state index < -0.39 is 6.04 Å². The lowest BCUT2D eigenvalue weighted by molar-refractivity contribution is -0.128. The van der Waals surface area contributed by atoms with Gasteiger partial charge in [-0.3, -0.25) is 9.59 Å². The SMILES string of the molecule is CSCC[C@@H](NC(C)=O)C(=O)NC1CCC(Oc2nc(C)cc(C)n2)CC1. The number of nitrogens with zero attached hydrogens (tertiary/aromatic N) is 2. The second kappa shape index (κ2) is 10.5. The van der Waals surface area contributed by atoms with Crippen molar-refractivity contribution < 1.29 is 14.3 Å². The number of nitrogens with one attached hydrogen (secondary N) is 2. The van der Waals surface area contributed by atoms with Crippen molar-refractivity contribution in [3.05, 3.63) is 17.5 Å². The van der Waals surface area contributed by atoms with E-state index >= 15 is 0 Å². The van der Waals surface area contributed by atoms with Gasteiger partial charge in [0.05, 0.1) is 0 Å². The quantitative estimate of drug-likeness (QED) is 0.702. The molecule has 1 heterocycles. The maximum Gasteiger partial charge on any atom is 0.317 e. The average molecular weight is 395 g/mol. The van der Waals surface area contributed by atoms with Crippen molar-refractivity contribution in [1.29, 1.82) is 0 Å². The zero-order valence-corrected chi connectivity index (χ0v) is 17.4. The lowest BCUT2D eigenvalue weighted by Crippen LogP contribution is -2.50. The molecule has 0 radical (unpaired) electrons. The van der Waals surface area contributed by atoms with E-state index in [1.54, 1.807) is 11.8 Å². The number of rotatable bonds is 8. The third-order valence-corrected chi connectivity index (χ3v) is 5.20. The third-order valence-electron chi connectivity index (χ3n) is 4.56. The third kappa shape index (κ3) is 7.36. The molecule has 0 spiro atoms. The number of ether oxygens (including phenoxy) is 1. The van der Waals surface area contributed by atoms with Crippen molar-refractivity contribution >= 4 is 23.6 Å². The fourth-order valence-corrected chi connectivity index (χ4v) is 3.74. The van der Waals surface area contributed by atoms with Crippen molar-refractivity contribution in [2.24, 2.45) is 0 Å². The van der Waals surface area contributed by atoms with Crippen LogP contribution < -0.4 is 15.4 Å². The van der Waals surface area contributed by atoms with Crippen molar-refractivity contribution in [2.75, 3.05) is 12.0 Å². The minimum Gasteiger partial charge on any atom is -0.460 e. The smallest absolute Gasteiger partial charge is 0.317 e. The van der Waals surface area contributed by atoms with Crippen LogP contribution >= 0.6 is 11.8 Å². The number of aromatic nitrogens is 2. The summed E-state index contributed by atoms with van der Waals surface area (Å²) >= 11 is 1.66. The number of thioether (sulfide) groups is 1. The van der Waals surface area contributed by atoms with Gasteiger partial charge in [-0.05, 0) is 64.0 Å². The van der Waals surface area contributed by atoms with Gasteiger partial charge in [0.15, 0.2) is 0 Å². The first-order valence-electron chi connectivity index (χ1n) is 9.42. The Balaban J connectivity index is 1.81. The molecule has 0 aromatic carbocycles. The zero-order chi connectivity index (χ0) is 19.8. The number of aryl methyl sites for hydroxylation is 2. The van der Waals surface area contributed by atoms with Crippen LogP contribution in [0.4, 0.5) is 0 Å². The van der Waals surface area contributed by atoms with E-state index in [4.69, 9.17) is 4.74 Å². The summed E-state index contributed by atoms with van der Waals surface area (Å²) in [6.45, 7) is 5.30. The van der Waals surface area contributed by atoms with Crippen LogP contribution in [0.3, 0.4) is 0 Å². The Hall–Kier alpha value is -1.83. The summed E-state index contributed by atoms with van der Waals surface area (Å²) in [6, 6.07) is 2.00. The van der Waals surface area contributed by atoms with Crippen LogP contribution in [0.5, 0.6) is 6.01 Å². The predicted octanol–water partition coefficient (Wildman–Crippen LogP) is 2.16. The van der Waals surface area contributed by atoms with Crippen LogP contribution in [0.1, 0.15) is 50.4 Å². The molecule has 0 unspecified atom stereocenters. The zero-order valence-electron chi connectivity index (χ0n) is 16.6. The number of carbonyl (C=O) groups excluding carboxylic acids is 2. The molecule has 1 aromatic heterocycles. The van der Waals surface area contributed by atoms with Gasteiger partial charge in [-0.1, -0.05) is 0 Å². The van der Waals surface area contributed by atoms with Gasteiger partial charge >= 0.3 is 6.01 Å². The molecule has 0 bridgehead atoms. The summed E-state index contributed by atoms with van der Waals surface area (Å²) in [5, 5.41) is 5.84. The van der Waals surface area contributed by atoms with Crippen LogP contribution in [-0.2, 0) is 9.59 Å². The van der Waals surface area contributed by atoms with Gasteiger partial charge in [-0.25, -0.2) is 9.97 Å². The first kappa shape index (κ1) is 21.5. The minimum atomic E-state index is -0.465.